The third-order valence-corrected chi connectivity index (χ3v) is 1.24. The molecule has 14 heavy (non-hydrogen) atoms. The van der Waals surface area contributed by atoms with Crippen LogP contribution in [-0.2, 0) is 4.74 Å². The van der Waals surface area contributed by atoms with Crippen molar-refractivity contribution < 1.29 is 9.66 Å². The molecule has 0 spiro atoms. The molecule has 0 rings (SSSR count). The van der Waals surface area contributed by atoms with Crippen molar-refractivity contribution in [3.8, 4) is 0 Å². The number of nitrogens with zero attached hydrogens (tertiary/aromatic N) is 2. The van der Waals surface area contributed by atoms with Crippen molar-refractivity contribution >= 4 is 6.72 Å². The fourth-order valence-corrected chi connectivity index (χ4v) is 0.640. The van der Waals surface area contributed by atoms with Gasteiger partial charge in [0.2, 0.25) is 12.1 Å². The summed E-state index contributed by atoms with van der Waals surface area (Å²) in [6.45, 7) is 3.29. The van der Waals surface area contributed by atoms with Gasteiger partial charge in [-0.05, 0) is 25.3 Å². The van der Waals surface area contributed by atoms with Crippen LogP contribution in [0.1, 0.15) is 6.42 Å². The first-order valence-corrected chi connectivity index (χ1v) is 3.88. The molecular weight excluding hydrogens is 184 g/mol. The van der Waals surface area contributed by atoms with Gasteiger partial charge < -0.3 is 4.74 Å². The summed E-state index contributed by atoms with van der Waals surface area (Å²) in [5.74, 6) is 0.402. The van der Waals surface area contributed by atoms with Gasteiger partial charge in [0.15, 0.2) is 0 Å². The van der Waals surface area contributed by atoms with Crippen LogP contribution in [0.5, 0.6) is 0 Å². The molecule has 0 atom stereocenters. The van der Waals surface area contributed by atoms with E-state index in [1.165, 1.54) is 13.2 Å². The second-order valence-corrected chi connectivity index (χ2v) is 2.20. The van der Waals surface area contributed by atoms with E-state index >= 15 is 0 Å². The molecule has 5 nitrogen and oxygen atoms in total. The maximum absolute atomic E-state index is 9.87. The molecule has 0 N–H and O–H groups in total. The molecule has 0 aromatic rings. The van der Waals surface area contributed by atoms with E-state index in [1.807, 2.05) is 0 Å². The zero-order valence-corrected chi connectivity index (χ0v) is 7.92. The van der Waals surface area contributed by atoms with E-state index in [0.717, 1.165) is 6.20 Å². The molecule has 0 fully saturated rings. The molecule has 0 saturated heterocycles. The molecule has 0 aliphatic carbocycles. The number of hydrogen-bond acceptors (Lipinski definition) is 4. The maximum atomic E-state index is 9.87. The van der Waals surface area contributed by atoms with Crippen molar-refractivity contribution in [3.05, 3.63) is 46.5 Å². The lowest BCUT2D eigenvalue weighted by molar-refractivity contribution is -0.402. The number of ether oxygens (including phenoxy) is 1. The van der Waals surface area contributed by atoms with Crippen molar-refractivity contribution in [1.29, 1.82) is 0 Å². The van der Waals surface area contributed by atoms with Gasteiger partial charge in [-0.3, -0.25) is 10.1 Å². The third-order valence-electron chi connectivity index (χ3n) is 1.24. The van der Waals surface area contributed by atoms with Crippen LogP contribution in [0.2, 0.25) is 0 Å². The molecule has 0 amide bonds. The molecule has 0 saturated carbocycles. The van der Waals surface area contributed by atoms with Crippen LogP contribution < -0.4 is 0 Å². The van der Waals surface area contributed by atoms with Gasteiger partial charge in [0.1, 0.15) is 0 Å². The number of methoxy groups -OCH3 is 1. The fourth-order valence-electron chi connectivity index (χ4n) is 0.640. The summed E-state index contributed by atoms with van der Waals surface area (Å²) in [6, 6.07) is 0. The van der Waals surface area contributed by atoms with Crippen LogP contribution in [-0.4, -0.2) is 18.8 Å². The molecule has 0 aromatic carbocycles. The van der Waals surface area contributed by atoms with Gasteiger partial charge in [-0.25, -0.2) is 4.99 Å². The monoisotopic (exact) mass is 196 g/mol. The van der Waals surface area contributed by atoms with Crippen LogP contribution in [0.25, 0.3) is 0 Å². The maximum Gasteiger partial charge on any atom is 0.230 e. The Hall–Kier alpha value is -1.91. The third kappa shape index (κ3) is 6.78. The molecule has 0 bridgehead atoms. The van der Waals surface area contributed by atoms with Crippen molar-refractivity contribution in [2.75, 3.05) is 7.11 Å². The van der Waals surface area contributed by atoms with Gasteiger partial charge in [-0.15, -0.1) is 0 Å². The van der Waals surface area contributed by atoms with Gasteiger partial charge in [0, 0.05) is 0 Å². The molecule has 0 aliphatic heterocycles. The Balaban J connectivity index is 3.89. The van der Waals surface area contributed by atoms with Crippen LogP contribution in [0.15, 0.2) is 41.4 Å². The lowest BCUT2D eigenvalue weighted by Crippen LogP contribution is -1.81. The lowest BCUT2D eigenvalue weighted by Gasteiger charge is -1.93. The van der Waals surface area contributed by atoms with Crippen LogP contribution in [0.4, 0.5) is 0 Å². The lowest BCUT2D eigenvalue weighted by atomic mass is 10.3. The Bertz CT molecular complexity index is 280. The highest BCUT2D eigenvalue weighted by Crippen LogP contribution is 1.96. The average Bonchev–Trinajstić information content (AvgIpc) is 2.16. The second kappa shape index (κ2) is 7.72. The highest BCUT2D eigenvalue weighted by atomic mass is 16.6. The summed E-state index contributed by atoms with van der Waals surface area (Å²) in [6.07, 6.45) is 7.88. The largest absolute Gasteiger partial charge is 0.481 e. The Labute approximate surface area is 82.3 Å². The van der Waals surface area contributed by atoms with Crippen LogP contribution >= 0.6 is 0 Å². The van der Waals surface area contributed by atoms with Gasteiger partial charge in [0.05, 0.1) is 12.0 Å². The van der Waals surface area contributed by atoms with Crippen molar-refractivity contribution in [2.45, 2.75) is 6.42 Å². The second-order valence-electron chi connectivity index (χ2n) is 2.20. The molecule has 0 heterocycles. The van der Waals surface area contributed by atoms with E-state index in [9.17, 15) is 10.1 Å². The zero-order valence-electron chi connectivity index (χ0n) is 7.92. The Morgan fingerprint density at radius 1 is 1.64 bits per heavy atom. The molecule has 0 unspecified atom stereocenters. The number of hydrogen-bond donors (Lipinski definition) is 0. The number of aliphatic imine (C=N–C) groups is 1. The molecule has 76 valence electrons. The first-order valence-electron chi connectivity index (χ1n) is 3.88. The minimum atomic E-state index is -0.504. The van der Waals surface area contributed by atoms with E-state index < -0.39 is 4.92 Å². The summed E-state index contributed by atoms with van der Waals surface area (Å²) >= 11 is 0. The van der Waals surface area contributed by atoms with Gasteiger partial charge >= 0.3 is 0 Å². The summed E-state index contributed by atoms with van der Waals surface area (Å²) in [7, 11) is 1.49. The van der Waals surface area contributed by atoms with Gasteiger partial charge in [-0.2, -0.15) is 0 Å². The standard InChI is InChI=1S/C9H12N2O3/c1-10-9(14-2)7-5-3-4-6-8-11(12)13/h3,5-8H,1,4H2,2H3/b5-3-,8-6+,9-7+. The molecule has 0 aromatic heterocycles. The van der Waals surface area contributed by atoms with Crippen molar-refractivity contribution in [3.63, 3.8) is 0 Å². The minimum absolute atomic E-state index is 0.402. The van der Waals surface area contributed by atoms with Crippen LogP contribution in [0, 0.1) is 10.1 Å². The van der Waals surface area contributed by atoms with Crippen molar-refractivity contribution in [1.82, 2.24) is 0 Å². The minimum Gasteiger partial charge on any atom is -0.481 e. The summed E-state index contributed by atoms with van der Waals surface area (Å²) in [5.41, 5.74) is 0. The SMILES string of the molecule is C=N/C(=C\C=C/C/C=C/[N+](=O)[O-])OC. The van der Waals surface area contributed by atoms with E-state index in [0.29, 0.717) is 12.3 Å². The topological polar surface area (TPSA) is 64.7 Å². The predicted octanol–water partition coefficient (Wildman–Crippen LogP) is 1.91. The highest BCUT2D eigenvalue weighted by molar-refractivity contribution is 5.28. The van der Waals surface area contributed by atoms with E-state index in [1.54, 1.807) is 18.2 Å². The van der Waals surface area contributed by atoms with E-state index in [-0.39, 0.29) is 0 Å². The predicted molar refractivity (Wildman–Crippen MR) is 54.5 cm³/mol. The first kappa shape index (κ1) is 12.1. The summed E-state index contributed by atoms with van der Waals surface area (Å²) < 4.78 is 4.80. The molecule has 0 radical (unpaired) electrons. The van der Waals surface area contributed by atoms with Gasteiger partial charge in [0.25, 0.3) is 0 Å². The van der Waals surface area contributed by atoms with E-state index in [2.05, 4.69) is 11.7 Å². The number of allylic oxidation sites excluding steroid dienone is 4. The van der Waals surface area contributed by atoms with E-state index in [4.69, 9.17) is 4.74 Å². The molecule has 5 heteroatoms. The normalized spacial score (nSPS) is 12.2. The Kier molecular flexibility index (Phi) is 6.67. The Morgan fingerprint density at radius 2 is 2.36 bits per heavy atom. The number of rotatable bonds is 6. The first-order chi connectivity index (χ1) is 6.70. The Morgan fingerprint density at radius 3 is 2.86 bits per heavy atom. The molecule has 0 aliphatic rings. The average molecular weight is 196 g/mol. The number of nitro groups is 1. The zero-order chi connectivity index (χ0) is 10.8. The smallest absolute Gasteiger partial charge is 0.230 e. The summed E-state index contributed by atoms with van der Waals surface area (Å²) in [5, 5.41) is 9.87. The highest BCUT2D eigenvalue weighted by Gasteiger charge is 1.84. The molecular formula is C9H12N2O3. The quantitative estimate of drug-likeness (QED) is 0.214. The van der Waals surface area contributed by atoms with Gasteiger partial charge in [-0.1, -0.05) is 12.2 Å². The fraction of sp³-hybridized carbons (Fsp3) is 0.222. The summed E-state index contributed by atoms with van der Waals surface area (Å²) in [4.78, 5) is 12.9. The van der Waals surface area contributed by atoms with Crippen molar-refractivity contribution in [2.24, 2.45) is 4.99 Å². The van der Waals surface area contributed by atoms with Crippen LogP contribution in [0.3, 0.4) is 0 Å².